The molecule has 3 rings (SSSR count). The van der Waals surface area contributed by atoms with E-state index in [0.29, 0.717) is 19.0 Å². The molecule has 0 radical (unpaired) electrons. The highest BCUT2D eigenvalue weighted by atomic mass is 16.5. The van der Waals surface area contributed by atoms with E-state index in [4.69, 9.17) is 4.74 Å². The van der Waals surface area contributed by atoms with E-state index in [0.717, 1.165) is 11.3 Å². The Labute approximate surface area is 146 Å². The van der Waals surface area contributed by atoms with Crippen molar-refractivity contribution >= 4 is 11.6 Å². The number of benzene rings is 2. The standard InChI is InChI=1S/C20H19N3O2/c1-2-25-19-14-13-18(21-22-19)20(24)23(17-11-7-4-8-12-17)15-16-9-5-3-6-10-16/h3-14H,2,15H2,1H3. The predicted molar refractivity (Wildman–Crippen MR) is 96.6 cm³/mol. The molecule has 0 aliphatic carbocycles. The number of ether oxygens (including phenoxy) is 1. The third-order valence-electron chi connectivity index (χ3n) is 3.65. The molecule has 2 aromatic carbocycles. The minimum atomic E-state index is -0.203. The van der Waals surface area contributed by atoms with Gasteiger partial charge in [-0.05, 0) is 30.7 Å². The zero-order chi connectivity index (χ0) is 17.5. The number of hydrogen-bond acceptors (Lipinski definition) is 4. The molecule has 0 saturated heterocycles. The second kappa shape index (κ2) is 8.06. The van der Waals surface area contributed by atoms with Crippen molar-refractivity contribution in [1.82, 2.24) is 10.2 Å². The molecule has 126 valence electrons. The molecule has 25 heavy (non-hydrogen) atoms. The summed E-state index contributed by atoms with van der Waals surface area (Å²) in [5.74, 6) is 0.207. The second-order valence-corrected chi connectivity index (χ2v) is 5.40. The monoisotopic (exact) mass is 333 g/mol. The maximum atomic E-state index is 13.0. The van der Waals surface area contributed by atoms with Crippen LogP contribution in [0.1, 0.15) is 23.0 Å². The predicted octanol–water partition coefficient (Wildman–Crippen LogP) is 3.72. The third kappa shape index (κ3) is 4.20. The van der Waals surface area contributed by atoms with Gasteiger partial charge in [0.05, 0.1) is 13.2 Å². The number of anilines is 1. The highest BCUT2D eigenvalue weighted by molar-refractivity contribution is 6.04. The number of para-hydroxylation sites is 1. The number of carbonyl (C=O) groups is 1. The van der Waals surface area contributed by atoms with Crippen molar-refractivity contribution in [3.8, 4) is 5.88 Å². The molecule has 5 heteroatoms. The first kappa shape index (κ1) is 16.6. The summed E-state index contributed by atoms with van der Waals surface area (Å²) in [6, 6.07) is 22.7. The highest BCUT2D eigenvalue weighted by Crippen LogP contribution is 2.19. The maximum absolute atomic E-state index is 13.0. The molecule has 0 N–H and O–H groups in total. The van der Waals surface area contributed by atoms with Gasteiger partial charge in [-0.1, -0.05) is 48.5 Å². The Morgan fingerprint density at radius 2 is 1.60 bits per heavy atom. The van der Waals surface area contributed by atoms with Crippen molar-refractivity contribution in [2.45, 2.75) is 13.5 Å². The maximum Gasteiger partial charge on any atom is 0.279 e. The summed E-state index contributed by atoms with van der Waals surface area (Å²) in [5.41, 5.74) is 2.13. The van der Waals surface area contributed by atoms with Crippen molar-refractivity contribution in [3.63, 3.8) is 0 Å². The minimum Gasteiger partial charge on any atom is -0.477 e. The van der Waals surface area contributed by atoms with Crippen LogP contribution >= 0.6 is 0 Å². The average Bonchev–Trinajstić information content (AvgIpc) is 2.68. The molecule has 0 unspecified atom stereocenters. The number of carbonyl (C=O) groups excluding carboxylic acids is 1. The Bertz CT molecular complexity index is 805. The van der Waals surface area contributed by atoms with Gasteiger partial charge in [0.25, 0.3) is 5.91 Å². The Balaban J connectivity index is 1.89. The van der Waals surface area contributed by atoms with Crippen molar-refractivity contribution < 1.29 is 9.53 Å². The van der Waals surface area contributed by atoms with Gasteiger partial charge >= 0.3 is 0 Å². The topological polar surface area (TPSA) is 55.3 Å². The summed E-state index contributed by atoms with van der Waals surface area (Å²) in [6.45, 7) is 2.84. The van der Waals surface area contributed by atoms with Crippen molar-refractivity contribution in [2.24, 2.45) is 0 Å². The van der Waals surface area contributed by atoms with Gasteiger partial charge in [-0.2, -0.15) is 0 Å². The van der Waals surface area contributed by atoms with Crippen LogP contribution in [0, 0.1) is 0 Å². The highest BCUT2D eigenvalue weighted by Gasteiger charge is 2.20. The van der Waals surface area contributed by atoms with E-state index in [1.165, 1.54) is 0 Å². The molecular formula is C20H19N3O2. The second-order valence-electron chi connectivity index (χ2n) is 5.40. The number of aromatic nitrogens is 2. The largest absolute Gasteiger partial charge is 0.477 e. The van der Waals surface area contributed by atoms with Gasteiger partial charge in [-0.3, -0.25) is 4.79 Å². The lowest BCUT2D eigenvalue weighted by Gasteiger charge is -2.22. The molecule has 0 bridgehead atoms. The SMILES string of the molecule is CCOc1ccc(C(=O)N(Cc2ccccc2)c2ccccc2)nn1. The summed E-state index contributed by atoms with van der Waals surface area (Å²) in [5, 5.41) is 7.97. The van der Waals surface area contributed by atoms with Gasteiger partial charge in [0, 0.05) is 11.8 Å². The molecule has 0 spiro atoms. The van der Waals surface area contributed by atoms with Gasteiger partial charge in [0.2, 0.25) is 5.88 Å². The minimum absolute atomic E-state index is 0.203. The zero-order valence-corrected chi connectivity index (χ0v) is 14.0. The number of amides is 1. The molecule has 0 saturated carbocycles. The fraction of sp³-hybridized carbons (Fsp3) is 0.150. The van der Waals surface area contributed by atoms with Gasteiger partial charge < -0.3 is 9.64 Å². The number of nitrogens with zero attached hydrogens (tertiary/aromatic N) is 3. The normalized spacial score (nSPS) is 10.3. The number of rotatable bonds is 6. The van der Waals surface area contributed by atoms with Crippen LogP contribution in [0.4, 0.5) is 5.69 Å². The van der Waals surface area contributed by atoms with Crippen molar-refractivity contribution in [2.75, 3.05) is 11.5 Å². The molecule has 0 aliphatic heterocycles. The van der Waals surface area contributed by atoms with E-state index in [9.17, 15) is 4.79 Å². The molecule has 1 heterocycles. The Hall–Kier alpha value is -3.21. The Morgan fingerprint density at radius 1 is 0.920 bits per heavy atom. The molecule has 3 aromatic rings. The first-order valence-electron chi connectivity index (χ1n) is 8.15. The summed E-state index contributed by atoms with van der Waals surface area (Å²) in [7, 11) is 0. The molecule has 1 amide bonds. The van der Waals surface area contributed by atoms with Crippen LogP contribution in [-0.2, 0) is 6.54 Å². The van der Waals surface area contributed by atoms with Gasteiger partial charge in [0.1, 0.15) is 0 Å². The fourth-order valence-corrected chi connectivity index (χ4v) is 2.45. The van der Waals surface area contributed by atoms with Gasteiger partial charge in [0.15, 0.2) is 5.69 Å². The average molecular weight is 333 g/mol. The molecule has 1 aromatic heterocycles. The lowest BCUT2D eigenvalue weighted by molar-refractivity contribution is 0.0979. The summed E-state index contributed by atoms with van der Waals surface area (Å²) < 4.78 is 5.28. The Morgan fingerprint density at radius 3 is 2.20 bits per heavy atom. The van der Waals surface area contributed by atoms with Crippen LogP contribution in [0.5, 0.6) is 5.88 Å². The molecular weight excluding hydrogens is 314 g/mol. The number of hydrogen-bond donors (Lipinski definition) is 0. The third-order valence-corrected chi connectivity index (χ3v) is 3.65. The first-order chi connectivity index (χ1) is 12.3. The van der Waals surface area contributed by atoms with E-state index in [2.05, 4.69) is 10.2 Å². The van der Waals surface area contributed by atoms with Gasteiger partial charge in [-0.15, -0.1) is 10.2 Å². The molecule has 5 nitrogen and oxygen atoms in total. The van der Waals surface area contributed by atoms with E-state index in [-0.39, 0.29) is 11.6 Å². The summed E-state index contributed by atoms with van der Waals surface area (Å²) >= 11 is 0. The fourth-order valence-electron chi connectivity index (χ4n) is 2.45. The van der Waals surface area contributed by atoms with Crippen LogP contribution in [-0.4, -0.2) is 22.7 Å². The van der Waals surface area contributed by atoms with Crippen LogP contribution < -0.4 is 9.64 Å². The van der Waals surface area contributed by atoms with Crippen LogP contribution in [0.25, 0.3) is 0 Å². The lowest BCUT2D eigenvalue weighted by atomic mass is 10.2. The van der Waals surface area contributed by atoms with E-state index in [1.54, 1.807) is 17.0 Å². The molecule has 0 atom stereocenters. The van der Waals surface area contributed by atoms with E-state index >= 15 is 0 Å². The van der Waals surface area contributed by atoms with E-state index < -0.39 is 0 Å². The molecule has 0 aliphatic rings. The zero-order valence-electron chi connectivity index (χ0n) is 14.0. The van der Waals surface area contributed by atoms with Crippen molar-refractivity contribution in [3.05, 3.63) is 84.1 Å². The van der Waals surface area contributed by atoms with Crippen molar-refractivity contribution in [1.29, 1.82) is 0 Å². The summed E-state index contributed by atoms with van der Waals surface area (Å²) in [4.78, 5) is 14.7. The van der Waals surface area contributed by atoms with Crippen LogP contribution in [0.15, 0.2) is 72.8 Å². The van der Waals surface area contributed by atoms with E-state index in [1.807, 2.05) is 67.6 Å². The Kier molecular flexibility index (Phi) is 5.36. The first-order valence-corrected chi connectivity index (χ1v) is 8.15. The summed E-state index contributed by atoms with van der Waals surface area (Å²) in [6.07, 6.45) is 0. The van der Waals surface area contributed by atoms with Crippen LogP contribution in [0.2, 0.25) is 0 Å². The van der Waals surface area contributed by atoms with Gasteiger partial charge in [-0.25, -0.2) is 0 Å². The smallest absolute Gasteiger partial charge is 0.279 e. The lowest BCUT2D eigenvalue weighted by Crippen LogP contribution is -2.31. The molecule has 0 fully saturated rings. The quantitative estimate of drug-likeness (QED) is 0.690. The van der Waals surface area contributed by atoms with Crippen LogP contribution in [0.3, 0.4) is 0 Å².